The third kappa shape index (κ3) is 6.08. The van der Waals surface area contributed by atoms with Crippen LogP contribution in [0, 0.1) is 11.6 Å². The summed E-state index contributed by atoms with van der Waals surface area (Å²) in [7, 11) is 0. The van der Waals surface area contributed by atoms with Gasteiger partial charge in [-0.3, -0.25) is 0 Å². The summed E-state index contributed by atoms with van der Waals surface area (Å²) in [5.74, 6) is -0.935. The first-order valence-electron chi connectivity index (χ1n) is 7.34. The summed E-state index contributed by atoms with van der Waals surface area (Å²) in [5, 5.41) is 0.499. The molecule has 3 nitrogen and oxygen atoms in total. The van der Waals surface area contributed by atoms with Crippen LogP contribution < -0.4 is 0 Å². The number of hydrogen-bond acceptors (Lipinski definition) is 3. The maximum atomic E-state index is 13.3. The molecule has 0 bridgehead atoms. The van der Waals surface area contributed by atoms with Crippen molar-refractivity contribution in [2.24, 2.45) is 0 Å². The number of benzene rings is 2. The van der Waals surface area contributed by atoms with Gasteiger partial charge in [-0.05, 0) is 67.3 Å². The van der Waals surface area contributed by atoms with E-state index >= 15 is 0 Å². The van der Waals surface area contributed by atoms with E-state index in [2.05, 4.69) is 31.9 Å². The molecule has 0 amide bonds. The largest absolute Gasteiger partial charge is 0.508 e. The van der Waals surface area contributed by atoms with Gasteiger partial charge in [0.25, 0.3) is 0 Å². The Morgan fingerprint density at radius 1 is 0.846 bits per heavy atom. The monoisotopic (exact) mass is 530 g/mol. The zero-order valence-corrected chi connectivity index (χ0v) is 17.8. The summed E-state index contributed by atoms with van der Waals surface area (Å²) >= 11 is 18.0. The first kappa shape index (κ1) is 21.4. The van der Waals surface area contributed by atoms with E-state index in [0.717, 1.165) is 0 Å². The second-order valence-electron chi connectivity index (χ2n) is 5.16. The standard InChI is InChI=1S/C17H12Br2Cl2F2O3/c18-11-5-9(13(20)7-15(11)22)1-3-25-17(24)26-4-2-10-6-12(19)16(23)8-14(10)21/h5-8H,1-4H2. The first-order valence-corrected chi connectivity index (χ1v) is 9.68. The molecule has 0 unspecified atom stereocenters. The average Bonchev–Trinajstić information content (AvgIpc) is 2.57. The lowest BCUT2D eigenvalue weighted by Crippen LogP contribution is -2.12. The highest BCUT2D eigenvalue weighted by atomic mass is 79.9. The molecule has 26 heavy (non-hydrogen) atoms. The Hall–Kier alpha value is -0.890. The molecular formula is C17H12Br2Cl2F2O3. The highest BCUT2D eigenvalue weighted by Crippen LogP contribution is 2.26. The average molecular weight is 533 g/mol. The van der Waals surface area contributed by atoms with Crippen LogP contribution in [0.2, 0.25) is 10.0 Å². The predicted octanol–water partition coefficient (Wildman–Crippen LogP) is 6.74. The maximum Gasteiger partial charge on any atom is 0.508 e. The number of carbonyl (C=O) groups excluding carboxylic acids is 1. The zero-order chi connectivity index (χ0) is 19.3. The molecule has 140 valence electrons. The van der Waals surface area contributed by atoms with E-state index in [4.69, 9.17) is 32.7 Å². The molecular weight excluding hydrogens is 521 g/mol. The van der Waals surface area contributed by atoms with E-state index in [1.54, 1.807) is 0 Å². The normalized spacial score (nSPS) is 10.7. The van der Waals surface area contributed by atoms with Crippen LogP contribution in [-0.4, -0.2) is 19.4 Å². The summed E-state index contributed by atoms with van der Waals surface area (Å²) < 4.78 is 37.1. The van der Waals surface area contributed by atoms with E-state index in [-0.39, 0.29) is 32.2 Å². The van der Waals surface area contributed by atoms with Gasteiger partial charge in [-0.1, -0.05) is 23.2 Å². The van der Waals surface area contributed by atoms with Crippen LogP contribution in [-0.2, 0) is 22.3 Å². The summed E-state index contributed by atoms with van der Waals surface area (Å²) in [6.45, 7) is 0.0545. The summed E-state index contributed by atoms with van der Waals surface area (Å²) in [6, 6.07) is 5.43. The van der Waals surface area contributed by atoms with Gasteiger partial charge in [-0.25, -0.2) is 13.6 Å². The van der Waals surface area contributed by atoms with Crippen LogP contribution in [0.5, 0.6) is 0 Å². The Morgan fingerprint density at radius 2 is 1.23 bits per heavy atom. The Balaban J connectivity index is 1.76. The minimum absolute atomic E-state index is 0.0273. The Bertz CT molecular complexity index is 754. The zero-order valence-electron chi connectivity index (χ0n) is 13.1. The molecule has 9 heteroatoms. The van der Waals surface area contributed by atoms with Crippen LogP contribution >= 0.6 is 55.1 Å². The Labute approximate surface area is 175 Å². The highest BCUT2D eigenvalue weighted by molar-refractivity contribution is 9.10. The van der Waals surface area contributed by atoms with Gasteiger partial charge in [0, 0.05) is 22.9 Å². The molecule has 0 heterocycles. The summed E-state index contributed by atoms with van der Waals surface area (Å²) in [6.07, 6.45) is -0.229. The van der Waals surface area contributed by atoms with Crippen LogP contribution in [0.4, 0.5) is 13.6 Å². The van der Waals surface area contributed by atoms with Crippen LogP contribution in [0.25, 0.3) is 0 Å². The molecule has 0 atom stereocenters. The molecule has 0 saturated heterocycles. The SMILES string of the molecule is O=C(OCCc1cc(Br)c(F)cc1Cl)OCCc1cc(Br)c(F)cc1Cl. The minimum Gasteiger partial charge on any atom is -0.434 e. The second-order valence-corrected chi connectivity index (χ2v) is 7.69. The molecule has 0 N–H and O–H groups in total. The van der Waals surface area contributed by atoms with Crippen molar-refractivity contribution in [1.29, 1.82) is 0 Å². The summed E-state index contributed by atoms with van der Waals surface area (Å²) in [4.78, 5) is 11.6. The van der Waals surface area contributed by atoms with Gasteiger partial charge >= 0.3 is 6.16 Å². The van der Waals surface area contributed by atoms with Gasteiger partial charge < -0.3 is 9.47 Å². The number of ether oxygens (including phenoxy) is 2. The fourth-order valence-electron chi connectivity index (χ4n) is 2.04. The molecule has 0 spiro atoms. The van der Waals surface area contributed by atoms with Gasteiger partial charge in [0.2, 0.25) is 0 Å². The fourth-order valence-corrected chi connectivity index (χ4v) is 3.31. The van der Waals surface area contributed by atoms with Crippen LogP contribution in [0.1, 0.15) is 11.1 Å². The molecule has 0 fully saturated rings. The molecule has 0 aliphatic rings. The minimum atomic E-state index is -0.848. The lowest BCUT2D eigenvalue weighted by molar-refractivity contribution is 0.0569. The molecule has 0 aromatic heterocycles. The number of rotatable bonds is 6. The summed E-state index contributed by atoms with van der Waals surface area (Å²) in [5.41, 5.74) is 1.27. The van der Waals surface area contributed by atoms with Crippen molar-refractivity contribution in [3.8, 4) is 0 Å². The van der Waals surface area contributed by atoms with E-state index in [1.165, 1.54) is 24.3 Å². The van der Waals surface area contributed by atoms with Crippen molar-refractivity contribution in [2.45, 2.75) is 12.8 Å². The topological polar surface area (TPSA) is 35.5 Å². The van der Waals surface area contributed by atoms with Crippen molar-refractivity contribution in [2.75, 3.05) is 13.2 Å². The highest BCUT2D eigenvalue weighted by Gasteiger charge is 2.11. The van der Waals surface area contributed by atoms with Gasteiger partial charge in [0.05, 0.1) is 22.2 Å². The van der Waals surface area contributed by atoms with Crippen molar-refractivity contribution in [3.63, 3.8) is 0 Å². The molecule has 0 saturated carbocycles. The predicted molar refractivity (Wildman–Crippen MR) is 103 cm³/mol. The lowest BCUT2D eigenvalue weighted by Gasteiger charge is -2.09. The Morgan fingerprint density at radius 3 is 1.62 bits per heavy atom. The lowest BCUT2D eigenvalue weighted by atomic mass is 10.1. The van der Waals surface area contributed by atoms with Crippen molar-refractivity contribution < 1.29 is 23.0 Å². The second kappa shape index (κ2) is 9.88. The van der Waals surface area contributed by atoms with E-state index in [1.807, 2.05) is 0 Å². The van der Waals surface area contributed by atoms with Crippen molar-refractivity contribution in [1.82, 2.24) is 0 Å². The maximum absolute atomic E-state index is 13.3. The molecule has 2 aromatic rings. The number of carbonyl (C=O) groups is 1. The van der Waals surface area contributed by atoms with E-state index in [0.29, 0.717) is 24.0 Å². The third-order valence-electron chi connectivity index (χ3n) is 3.36. The fraction of sp³-hybridized carbons (Fsp3) is 0.235. The molecule has 2 rings (SSSR count). The van der Waals surface area contributed by atoms with Crippen molar-refractivity contribution in [3.05, 3.63) is 66.0 Å². The van der Waals surface area contributed by atoms with Crippen LogP contribution in [0.3, 0.4) is 0 Å². The Kier molecular flexibility index (Phi) is 8.13. The van der Waals surface area contributed by atoms with E-state index in [9.17, 15) is 13.6 Å². The van der Waals surface area contributed by atoms with Gasteiger partial charge in [-0.2, -0.15) is 0 Å². The first-order chi connectivity index (χ1) is 12.3. The quantitative estimate of drug-likeness (QED) is 0.305. The molecule has 0 radical (unpaired) electrons. The van der Waals surface area contributed by atoms with Crippen molar-refractivity contribution >= 4 is 61.2 Å². The number of hydrogen-bond donors (Lipinski definition) is 0. The third-order valence-corrected chi connectivity index (χ3v) is 5.28. The van der Waals surface area contributed by atoms with Gasteiger partial charge in [0.1, 0.15) is 11.6 Å². The van der Waals surface area contributed by atoms with Gasteiger partial charge in [0.15, 0.2) is 0 Å². The molecule has 0 aliphatic carbocycles. The molecule has 0 aliphatic heterocycles. The molecule has 2 aromatic carbocycles. The van der Waals surface area contributed by atoms with E-state index < -0.39 is 17.8 Å². The van der Waals surface area contributed by atoms with Crippen LogP contribution in [0.15, 0.2) is 33.2 Å². The smallest absolute Gasteiger partial charge is 0.434 e. The number of halogens is 6. The van der Waals surface area contributed by atoms with Gasteiger partial charge in [-0.15, -0.1) is 0 Å².